The number of nitrogens with zero attached hydrogens (tertiary/aromatic N) is 1. The summed E-state index contributed by atoms with van der Waals surface area (Å²) in [4.78, 5) is 2.19. The van der Waals surface area contributed by atoms with Gasteiger partial charge in [0, 0.05) is 18.4 Å². The van der Waals surface area contributed by atoms with Gasteiger partial charge in [0.2, 0.25) is 0 Å². The molecule has 0 saturated heterocycles. The Morgan fingerprint density at radius 2 is 2.00 bits per heavy atom. The van der Waals surface area contributed by atoms with Gasteiger partial charge >= 0.3 is 0 Å². The topological polar surface area (TPSA) is 3.24 Å². The normalized spacial score (nSPS) is 10.1. The van der Waals surface area contributed by atoms with Gasteiger partial charge in [0.15, 0.2) is 0 Å². The molecule has 1 nitrogen and oxygen atoms in total. The molecule has 82 valence electrons. The Morgan fingerprint density at radius 1 is 1.33 bits per heavy atom. The molecule has 0 spiro atoms. The highest BCUT2D eigenvalue weighted by atomic mass is 15.1. The smallest absolute Gasteiger partial charge is 0.0437 e. The predicted octanol–water partition coefficient (Wildman–Crippen LogP) is 3.92. The summed E-state index contributed by atoms with van der Waals surface area (Å²) in [6.45, 7) is 10.5. The summed E-state index contributed by atoms with van der Waals surface area (Å²) in [6.07, 6.45) is 2.08. The van der Waals surface area contributed by atoms with Gasteiger partial charge in [-0.1, -0.05) is 32.6 Å². The molecule has 1 aromatic carbocycles. The first-order chi connectivity index (χ1) is 7.10. The van der Waals surface area contributed by atoms with Crippen molar-refractivity contribution < 1.29 is 0 Å². The predicted molar refractivity (Wildman–Crippen MR) is 68.4 cm³/mol. The highest BCUT2D eigenvalue weighted by Crippen LogP contribution is 2.24. The maximum absolute atomic E-state index is 4.07. The molecule has 0 heterocycles. The lowest BCUT2D eigenvalue weighted by atomic mass is 10.1. The number of benzene rings is 1. The fourth-order valence-corrected chi connectivity index (χ4v) is 1.64. The van der Waals surface area contributed by atoms with E-state index in [1.165, 1.54) is 16.8 Å². The van der Waals surface area contributed by atoms with Crippen molar-refractivity contribution in [3.63, 3.8) is 0 Å². The zero-order valence-electron chi connectivity index (χ0n) is 10.3. The van der Waals surface area contributed by atoms with Crippen molar-refractivity contribution in [3.05, 3.63) is 41.6 Å². The lowest BCUT2D eigenvalue weighted by Gasteiger charge is -2.23. The Morgan fingerprint density at radius 3 is 2.53 bits per heavy atom. The molecule has 0 bridgehead atoms. The molecule has 0 saturated carbocycles. The van der Waals surface area contributed by atoms with E-state index in [2.05, 4.69) is 57.5 Å². The van der Waals surface area contributed by atoms with Crippen molar-refractivity contribution in [2.45, 2.75) is 33.6 Å². The van der Waals surface area contributed by atoms with Crippen LogP contribution < -0.4 is 4.90 Å². The maximum atomic E-state index is 4.07. The summed E-state index contributed by atoms with van der Waals surface area (Å²) in [5.74, 6) is 0. The van der Waals surface area contributed by atoms with Crippen LogP contribution in [-0.4, -0.2) is 7.05 Å². The van der Waals surface area contributed by atoms with Crippen LogP contribution in [0.5, 0.6) is 0 Å². The minimum atomic E-state index is 0.992. The second-order valence-electron chi connectivity index (χ2n) is 3.95. The summed E-state index contributed by atoms with van der Waals surface area (Å²) < 4.78 is 0. The first kappa shape index (κ1) is 11.8. The minimum absolute atomic E-state index is 0.992. The third kappa shape index (κ3) is 2.62. The van der Waals surface area contributed by atoms with Crippen molar-refractivity contribution >= 4 is 5.69 Å². The van der Waals surface area contributed by atoms with Crippen LogP contribution in [0.25, 0.3) is 0 Å². The third-order valence-electron chi connectivity index (χ3n) is 2.93. The summed E-state index contributed by atoms with van der Waals surface area (Å²) in [6, 6.07) is 6.64. The monoisotopic (exact) mass is 203 g/mol. The van der Waals surface area contributed by atoms with Gasteiger partial charge in [-0.2, -0.15) is 0 Å². The van der Waals surface area contributed by atoms with Crippen LogP contribution in [0.2, 0.25) is 0 Å². The molecule has 0 aliphatic carbocycles. The second-order valence-corrected chi connectivity index (χ2v) is 3.95. The molecule has 15 heavy (non-hydrogen) atoms. The first-order valence-corrected chi connectivity index (χ1v) is 5.61. The Balaban J connectivity index is 3.06. The Labute approximate surface area is 93.4 Å². The Hall–Kier alpha value is -1.24. The number of rotatable bonds is 4. The van der Waals surface area contributed by atoms with E-state index in [0.29, 0.717) is 0 Å². The molecule has 0 aliphatic heterocycles. The van der Waals surface area contributed by atoms with Gasteiger partial charge in [0.1, 0.15) is 0 Å². The van der Waals surface area contributed by atoms with Gasteiger partial charge in [-0.3, -0.25) is 0 Å². The van der Waals surface area contributed by atoms with Crippen LogP contribution in [0.4, 0.5) is 5.69 Å². The van der Waals surface area contributed by atoms with Crippen molar-refractivity contribution in [1.29, 1.82) is 0 Å². The van der Waals surface area contributed by atoms with Gasteiger partial charge in [-0.25, -0.2) is 0 Å². The summed E-state index contributed by atoms with van der Waals surface area (Å²) >= 11 is 0. The van der Waals surface area contributed by atoms with Crippen LogP contribution in [0.1, 0.15) is 31.4 Å². The van der Waals surface area contributed by atoms with Crippen molar-refractivity contribution in [2.75, 3.05) is 11.9 Å². The molecule has 1 aromatic rings. The number of hydrogen-bond donors (Lipinski definition) is 0. The van der Waals surface area contributed by atoms with Crippen LogP contribution in [-0.2, 0) is 6.42 Å². The molecule has 0 unspecified atom stereocenters. The average Bonchev–Trinajstić information content (AvgIpc) is 2.27. The Bertz CT molecular complexity index is 352. The molecule has 0 aromatic heterocycles. The van der Waals surface area contributed by atoms with Gasteiger partial charge < -0.3 is 4.90 Å². The van der Waals surface area contributed by atoms with Crippen LogP contribution in [0.3, 0.4) is 0 Å². The average molecular weight is 203 g/mol. The fraction of sp³-hybridized carbons (Fsp3) is 0.429. The summed E-state index contributed by atoms with van der Waals surface area (Å²) in [5, 5.41) is 0. The molecule has 0 atom stereocenters. The van der Waals surface area contributed by atoms with Crippen molar-refractivity contribution in [1.82, 2.24) is 0 Å². The van der Waals surface area contributed by atoms with E-state index >= 15 is 0 Å². The second kappa shape index (κ2) is 5.01. The highest BCUT2D eigenvalue weighted by molar-refractivity contribution is 5.58. The van der Waals surface area contributed by atoms with E-state index in [0.717, 1.165) is 18.5 Å². The number of anilines is 1. The number of allylic oxidation sites excluding steroid dienone is 1. The van der Waals surface area contributed by atoms with E-state index in [-0.39, 0.29) is 0 Å². The SMILES string of the molecule is C=C(CC)N(C)c1cc(CC)ccc1C. The number of hydrogen-bond acceptors (Lipinski definition) is 1. The Kier molecular flexibility index (Phi) is 3.96. The standard InChI is InChI=1S/C14H21N/c1-6-12(4)15(5)14-10-13(7-2)9-8-11(14)3/h8-10H,4,6-7H2,1-3,5H3. The van der Waals surface area contributed by atoms with E-state index in [1.54, 1.807) is 0 Å². The quantitative estimate of drug-likeness (QED) is 0.717. The largest absolute Gasteiger partial charge is 0.349 e. The minimum Gasteiger partial charge on any atom is -0.349 e. The molecule has 0 fully saturated rings. The van der Waals surface area contributed by atoms with Gasteiger partial charge in [-0.15, -0.1) is 0 Å². The van der Waals surface area contributed by atoms with Gasteiger partial charge in [-0.05, 0) is 37.0 Å². The summed E-state index contributed by atoms with van der Waals surface area (Å²) in [7, 11) is 2.09. The van der Waals surface area contributed by atoms with Crippen LogP contribution >= 0.6 is 0 Å². The van der Waals surface area contributed by atoms with E-state index < -0.39 is 0 Å². The highest BCUT2D eigenvalue weighted by Gasteiger charge is 2.06. The maximum Gasteiger partial charge on any atom is 0.0437 e. The molecule has 0 amide bonds. The fourth-order valence-electron chi connectivity index (χ4n) is 1.64. The molecular weight excluding hydrogens is 182 g/mol. The van der Waals surface area contributed by atoms with E-state index in [1.807, 2.05) is 0 Å². The van der Waals surface area contributed by atoms with E-state index in [9.17, 15) is 0 Å². The molecule has 0 radical (unpaired) electrons. The lowest BCUT2D eigenvalue weighted by molar-refractivity contribution is 0.975. The van der Waals surface area contributed by atoms with Crippen LogP contribution in [0, 0.1) is 6.92 Å². The van der Waals surface area contributed by atoms with Gasteiger partial charge in [0.05, 0.1) is 0 Å². The molecule has 1 rings (SSSR count). The van der Waals surface area contributed by atoms with E-state index in [4.69, 9.17) is 0 Å². The molecule has 1 heteroatoms. The zero-order valence-corrected chi connectivity index (χ0v) is 10.3. The van der Waals surface area contributed by atoms with Crippen LogP contribution in [0.15, 0.2) is 30.5 Å². The van der Waals surface area contributed by atoms with Crippen molar-refractivity contribution in [2.24, 2.45) is 0 Å². The third-order valence-corrected chi connectivity index (χ3v) is 2.93. The van der Waals surface area contributed by atoms with Gasteiger partial charge in [0.25, 0.3) is 0 Å². The molecular formula is C14H21N. The molecule has 0 N–H and O–H groups in total. The number of aryl methyl sites for hydroxylation is 2. The zero-order chi connectivity index (χ0) is 11.4. The molecule has 0 aliphatic rings. The van der Waals surface area contributed by atoms with Crippen molar-refractivity contribution in [3.8, 4) is 0 Å². The lowest BCUT2D eigenvalue weighted by Crippen LogP contribution is -2.16. The first-order valence-electron chi connectivity index (χ1n) is 5.61. The summed E-state index contributed by atoms with van der Waals surface area (Å²) in [5.41, 5.74) is 5.13.